The molecule has 8 nitrogen and oxygen atoms in total. The summed E-state index contributed by atoms with van der Waals surface area (Å²) in [5, 5.41) is 7.58. The monoisotopic (exact) mass is 487 g/mol. The van der Waals surface area contributed by atoms with Crippen LogP contribution in [0.5, 0.6) is 0 Å². The van der Waals surface area contributed by atoms with Crippen molar-refractivity contribution in [3.63, 3.8) is 0 Å². The van der Waals surface area contributed by atoms with Crippen molar-refractivity contribution in [1.82, 2.24) is 10.6 Å². The van der Waals surface area contributed by atoms with Gasteiger partial charge in [-0.25, -0.2) is 14.0 Å². The predicted octanol–water partition coefficient (Wildman–Crippen LogP) is 3.87. The Balaban J connectivity index is 1.51. The molecule has 2 aromatic carbocycles. The molecule has 1 fully saturated rings. The number of ether oxygens (including phenoxy) is 1. The number of nitrogens with one attached hydrogen (secondary N) is 3. The van der Waals surface area contributed by atoms with E-state index in [1.54, 1.807) is 18.2 Å². The van der Waals surface area contributed by atoms with E-state index in [-0.39, 0.29) is 23.3 Å². The van der Waals surface area contributed by atoms with E-state index >= 15 is 0 Å². The second-order valence-electron chi connectivity index (χ2n) is 7.83. The molecule has 180 valence electrons. The molecule has 1 aliphatic rings. The molecule has 0 unspecified atom stereocenters. The Morgan fingerprint density at radius 3 is 2.44 bits per heavy atom. The fraction of sp³-hybridized carbons (Fsp3) is 0.333. The van der Waals surface area contributed by atoms with Crippen LogP contribution in [0.15, 0.2) is 53.4 Å². The van der Waals surface area contributed by atoms with Gasteiger partial charge in [-0.15, -0.1) is 11.8 Å². The SMILES string of the molecule is C[C@@H](OC(=O)c1ccccc1SCC(=O)Nc1ccc(F)cc1)C(=O)NC(=O)NC1CCCC1. The zero-order valence-corrected chi connectivity index (χ0v) is 19.5. The van der Waals surface area contributed by atoms with E-state index in [9.17, 15) is 23.6 Å². The summed E-state index contributed by atoms with van der Waals surface area (Å²) in [6, 6.07) is 11.4. The highest BCUT2D eigenvalue weighted by atomic mass is 32.2. The van der Waals surface area contributed by atoms with Crippen LogP contribution in [-0.2, 0) is 14.3 Å². The van der Waals surface area contributed by atoms with Gasteiger partial charge in [0.2, 0.25) is 5.91 Å². The maximum atomic E-state index is 13.0. The van der Waals surface area contributed by atoms with Crippen molar-refractivity contribution in [3.8, 4) is 0 Å². The lowest BCUT2D eigenvalue weighted by atomic mass is 10.2. The third kappa shape index (κ3) is 7.58. The minimum atomic E-state index is -1.19. The molecule has 1 saturated carbocycles. The van der Waals surface area contributed by atoms with Gasteiger partial charge in [0, 0.05) is 16.6 Å². The first kappa shape index (κ1) is 25.2. The molecule has 0 aliphatic heterocycles. The van der Waals surface area contributed by atoms with Gasteiger partial charge < -0.3 is 15.4 Å². The fourth-order valence-corrected chi connectivity index (χ4v) is 4.26. The molecule has 0 saturated heterocycles. The van der Waals surface area contributed by atoms with Crippen molar-refractivity contribution in [1.29, 1.82) is 0 Å². The largest absolute Gasteiger partial charge is 0.449 e. The van der Waals surface area contributed by atoms with E-state index in [1.165, 1.54) is 37.3 Å². The smallest absolute Gasteiger partial charge is 0.340 e. The Morgan fingerprint density at radius 2 is 1.74 bits per heavy atom. The molecule has 0 bridgehead atoms. The summed E-state index contributed by atoms with van der Waals surface area (Å²) in [7, 11) is 0. The van der Waals surface area contributed by atoms with Crippen LogP contribution < -0.4 is 16.0 Å². The molecule has 3 N–H and O–H groups in total. The standard InChI is InChI=1S/C24H26FN3O5S/c1-15(22(30)28-24(32)27-17-6-2-3-7-17)33-23(31)19-8-4-5-9-20(19)34-14-21(29)26-18-12-10-16(25)11-13-18/h4-5,8-13,15,17H,2-3,6-7,14H2,1H3,(H,26,29)(H2,27,28,30,32)/t15-/m1/s1. The normalized spacial score (nSPS) is 14.2. The molecule has 1 aliphatic carbocycles. The lowest BCUT2D eigenvalue weighted by molar-refractivity contribution is -0.128. The first-order valence-corrected chi connectivity index (χ1v) is 11.9. The Hall–Kier alpha value is -3.40. The van der Waals surface area contributed by atoms with Crippen molar-refractivity contribution in [3.05, 3.63) is 59.9 Å². The van der Waals surface area contributed by atoms with Gasteiger partial charge in [0.1, 0.15) is 5.82 Å². The molecular formula is C24H26FN3O5S. The number of carbonyl (C=O) groups excluding carboxylic acids is 4. The van der Waals surface area contributed by atoms with Crippen molar-refractivity contribution < 1.29 is 28.3 Å². The number of urea groups is 1. The predicted molar refractivity (Wildman–Crippen MR) is 126 cm³/mol. The van der Waals surface area contributed by atoms with Gasteiger partial charge in [0.25, 0.3) is 5.91 Å². The van der Waals surface area contributed by atoms with E-state index in [1.807, 2.05) is 0 Å². The molecule has 3 rings (SSSR count). The lowest BCUT2D eigenvalue weighted by Crippen LogP contribution is -2.47. The summed E-state index contributed by atoms with van der Waals surface area (Å²) in [5.41, 5.74) is 0.647. The van der Waals surface area contributed by atoms with Crippen LogP contribution in [0, 0.1) is 5.82 Å². The Morgan fingerprint density at radius 1 is 1.06 bits per heavy atom. The number of carbonyl (C=O) groups is 4. The van der Waals surface area contributed by atoms with Crippen LogP contribution in [-0.4, -0.2) is 41.7 Å². The van der Waals surface area contributed by atoms with Crippen molar-refractivity contribution >= 4 is 41.3 Å². The van der Waals surface area contributed by atoms with Crippen LogP contribution in [0.1, 0.15) is 43.0 Å². The summed E-state index contributed by atoms with van der Waals surface area (Å²) in [4.78, 5) is 49.6. The van der Waals surface area contributed by atoms with Gasteiger partial charge in [0.05, 0.1) is 11.3 Å². The Kier molecular flexibility index (Phi) is 9.03. The lowest BCUT2D eigenvalue weighted by Gasteiger charge is -2.16. The van der Waals surface area contributed by atoms with Crippen molar-refractivity contribution in [2.75, 3.05) is 11.1 Å². The first-order chi connectivity index (χ1) is 16.3. The molecule has 0 radical (unpaired) electrons. The number of benzene rings is 2. The number of amides is 4. The molecule has 2 aromatic rings. The minimum Gasteiger partial charge on any atom is -0.449 e. The van der Waals surface area contributed by atoms with Gasteiger partial charge >= 0.3 is 12.0 Å². The first-order valence-electron chi connectivity index (χ1n) is 10.9. The van der Waals surface area contributed by atoms with E-state index in [4.69, 9.17) is 4.74 Å². The zero-order valence-electron chi connectivity index (χ0n) is 18.6. The van der Waals surface area contributed by atoms with Crippen LogP contribution >= 0.6 is 11.8 Å². The highest BCUT2D eigenvalue weighted by Gasteiger charge is 2.24. The zero-order chi connectivity index (χ0) is 24.5. The maximum absolute atomic E-state index is 13.0. The molecule has 4 amide bonds. The average molecular weight is 488 g/mol. The topological polar surface area (TPSA) is 114 Å². The van der Waals surface area contributed by atoms with E-state index < -0.39 is 29.8 Å². The number of hydrogen-bond donors (Lipinski definition) is 3. The molecule has 10 heteroatoms. The van der Waals surface area contributed by atoms with Gasteiger partial charge in [-0.3, -0.25) is 14.9 Å². The van der Waals surface area contributed by atoms with Crippen molar-refractivity contribution in [2.45, 2.75) is 49.6 Å². The number of halogens is 1. The number of esters is 1. The van der Waals surface area contributed by atoms with Crippen LogP contribution in [0.2, 0.25) is 0 Å². The van der Waals surface area contributed by atoms with Crippen molar-refractivity contribution in [2.24, 2.45) is 0 Å². The highest BCUT2D eigenvalue weighted by Crippen LogP contribution is 2.24. The molecule has 34 heavy (non-hydrogen) atoms. The van der Waals surface area contributed by atoms with Gasteiger partial charge in [-0.1, -0.05) is 25.0 Å². The maximum Gasteiger partial charge on any atom is 0.340 e. The summed E-state index contributed by atoms with van der Waals surface area (Å²) in [6.07, 6.45) is 2.64. The summed E-state index contributed by atoms with van der Waals surface area (Å²) < 4.78 is 18.2. The minimum absolute atomic E-state index is 0.000945. The third-order valence-corrected chi connectivity index (χ3v) is 6.25. The molecule has 1 atom stereocenters. The summed E-state index contributed by atoms with van der Waals surface area (Å²) in [5.74, 6) is -2.22. The van der Waals surface area contributed by atoms with Gasteiger partial charge in [-0.2, -0.15) is 0 Å². The molecular weight excluding hydrogens is 461 g/mol. The third-order valence-electron chi connectivity index (χ3n) is 5.17. The van der Waals surface area contributed by atoms with Gasteiger partial charge in [-0.05, 0) is 56.2 Å². The van der Waals surface area contributed by atoms with Crippen LogP contribution in [0.25, 0.3) is 0 Å². The number of anilines is 1. The quantitative estimate of drug-likeness (QED) is 0.385. The average Bonchev–Trinajstić information content (AvgIpc) is 3.32. The Bertz CT molecular complexity index is 1040. The number of hydrogen-bond acceptors (Lipinski definition) is 6. The molecule has 0 heterocycles. The summed E-state index contributed by atoms with van der Waals surface area (Å²) in [6.45, 7) is 1.38. The fourth-order valence-electron chi connectivity index (χ4n) is 3.42. The van der Waals surface area contributed by atoms with Crippen LogP contribution in [0.4, 0.5) is 14.9 Å². The number of rotatable bonds is 8. The molecule has 0 spiro atoms. The summed E-state index contributed by atoms with van der Waals surface area (Å²) >= 11 is 1.12. The Labute approximate surface area is 201 Å². The second-order valence-corrected chi connectivity index (χ2v) is 8.85. The van der Waals surface area contributed by atoms with E-state index in [0.29, 0.717) is 10.6 Å². The van der Waals surface area contributed by atoms with E-state index in [2.05, 4.69) is 16.0 Å². The molecule has 0 aromatic heterocycles. The van der Waals surface area contributed by atoms with E-state index in [0.717, 1.165) is 37.4 Å². The van der Waals surface area contributed by atoms with Gasteiger partial charge in [0.15, 0.2) is 6.10 Å². The van der Waals surface area contributed by atoms with Crippen LogP contribution in [0.3, 0.4) is 0 Å². The highest BCUT2D eigenvalue weighted by molar-refractivity contribution is 8.00. The second kappa shape index (κ2) is 12.2. The number of imide groups is 1. The number of thioether (sulfide) groups is 1.